The van der Waals surface area contributed by atoms with Crippen molar-refractivity contribution in [3.05, 3.63) is 12.2 Å². The Hall–Kier alpha value is -0.940. The summed E-state index contributed by atoms with van der Waals surface area (Å²) in [6.07, 6.45) is 1.52. The van der Waals surface area contributed by atoms with E-state index in [1.807, 2.05) is 6.92 Å². The summed E-state index contributed by atoms with van der Waals surface area (Å²) in [7, 11) is 1.68. The average Bonchev–Trinajstić information content (AvgIpc) is 2.57. The molecule has 0 saturated heterocycles. The lowest BCUT2D eigenvalue weighted by Gasteiger charge is -2.08. The lowest BCUT2D eigenvalue weighted by molar-refractivity contribution is 0.117. The summed E-state index contributed by atoms with van der Waals surface area (Å²) in [5, 5.41) is 6.78. The summed E-state index contributed by atoms with van der Waals surface area (Å²) in [4.78, 5) is 3.86. The fourth-order valence-corrected chi connectivity index (χ4v) is 0.741. The molecule has 1 rings (SSSR count). The average molecular weight is 171 g/mol. The first kappa shape index (κ1) is 9.15. The first-order valence-corrected chi connectivity index (χ1v) is 3.81. The lowest BCUT2D eigenvalue weighted by Crippen LogP contribution is -2.25. The van der Waals surface area contributed by atoms with Gasteiger partial charge in [0, 0.05) is 13.7 Å². The molecule has 0 aliphatic carbocycles. The molecule has 1 atom stereocenters. The van der Waals surface area contributed by atoms with Crippen molar-refractivity contribution in [1.29, 1.82) is 0 Å². The Bertz CT molecular complexity index is 200. The number of rotatable bonds is 5. The molecule has 0 amide bonds. The molecule has 1 heterocycles. The van der Waals surface area contributed by atoms with Gasteiger partial charge in [-0.3, -0.25) is 0 Å². The fraction of sp³-hybridized carbons (Fsp3) is 0.714. The van der Waals surface area contributed by atoms with Gasteiger partial charge in [0.1, 0.15) is 0 Å². The molecule has 1 N–H and O–H groups in total. The highest BCUT2D eigenvalue weighted by Crippen LogP contribution is 1.88. The van der Waals surface area contributed by atoms with Crippen LogP contribution in [0, 0.1) is 0 Å². The molecule has 68 valence electrons. The van der Waals surface area contributed by atoms with Crippen LogP contribution in [0.2, 0.25) is 0 Å². The standard InChI is InChI=1S/C7H13N3O2/c1-6(11-2)3-8-4-7-9-5-12-10-7/h5-6,8H,3-4H2,1-2H3. The molecule has 1 unspecified atom stereocenters. The van der Waals surface area contributed by atoms with Crippen LogP contribution < -0.4 is 5.32 Å². The summed E-state index contributed by atoms with van der Waals surface area (Å²) >= 11 is 0. The van der Waals surface area contributed by atoms with Crippen LogP contribution in [0.15, 0.2) is 10.9 Å². The molecule has 5 heteroatoms. The molecule has 0 saturated carbocycles. The molecule has 1 aromatic rings. The van der Waals surface area contributed by atoms with Gasteiger partial charge in [-0.1, -0.05) is 5.16 Å². The molecule has 5 nitrogen and oxygen atoms in total. The Labute approximate surface area is 71.1 Å². The Kier molecular flexibility index (Phi) is 3.69. The van der Waals surface area contributed by atoms with Crippen LogP contribution >= 0.6 is 0 Å². The normalized spacial score (nSPS) is 13.2. The summed E-state index contributed by atoms with van der Waals surface area (Å²) in [6.45, 7) is 3.39. The van der Waals surface area contributed by atoms with Gasteiger partial charge >= 0.3 is 0 Å². The van der Waals surface area contributed by atoms with Crippen LogP contribution in [-0.4, -0.2) is 29.9 Å². The monoisotopic (exact) mass is 171 g/mol. The summed E-state index contributed by atoms with van der Waals surface area (Å²) in [5.74, 6) is 0.665. The van der Waals surface area contributed by atoms with Gasteiger partial charge in [0.25, 0.3) is 0 Å². The summed E-state index contributed by atoms with van der Waals surface area (Å²) in [5.41, 5.74) is 0. The van der Waals surface area contributed by atoms with Crippen molar-refractivity contribution in [1.82, 2.24) is 15.5 Å². The van der Waals surface area contributed by atoms with E-state index in [0.29, 0.717) is 12.4 Å². The van der Waals surface area contributed by atoms with Gasteiger partial charge in [-0.2, -0.15) is 4.98 Å². The SMILES string of the molecule is COC(C)CNCc1ncon1. The van der Waals surface area contributed by atoms with Gasteiger partial charge in [-0.15, -0.1) is 0 Å². The summed E-state index contributed by atoms with van der Waals surface area (Å²) in [6, 6.07) is 0. The van der Waals surface area contributed by atoms with Crippen LogP contribution in [0.1, 0.15) is 12.7 Å². The van der Waals surface area contributed by atoms with Crippen molar-refractivity contribution in [2.24, 2.45) is 0 Å². The number of hydrogen-bond donors (Lipinski definition) is 1. The molecule has 0 aliphatic rings. The minimum absolute atomic E-state index is 0.205. The molecular weight excluding hydrogens is 158 g/mol. The predicted octanol–water partition coefficient (Wildman–Crippen LogP) is 0.194. The van der Waals surface area contributed by atoms with Crippen molar-refractivity contribution in [3.8, 4) is 0 Å². The first-order valence-electron chi connectivity index (χ1n) is 3.81. The molecule has 0 bridgehead atoms. The van der Waals surface area contributed by atoms with E-state index in [2.05, 4.69) is 20.0 Å². The van der Waals surface area contributed by atoms with Gasteiger partial charge in [0.15, 0.2) is 5.82 Å². The van der Waals surface area contributed by atoms with Crippen molar-refractivity contribution in [2.75, 3.05) is 13.7 Å². The predicted molar refractivity (Wildman–Crippen MR) is 42.5 cm³/mol. The van der Waals surface area contributed by atoms with Crippen LogP contribution in [0.25, 0.3) is 0 Å². The molecule has 0 spiro atoms. The summed E-state index contributed by atoms with van der Waals surface area (Å²) < 4.78 is 9.61. The quantitative estimate of drug-likeness (QED) is 0.685. The number of nitrogens with one attached hydrogen (secondary N) is 1. The zero-order valence-corrected chi connectivity index (χ0v) is 7.28. The lowest BCUT2D eigenvalue weighted by atomic mass is 10.4. The smallest absolute Gasteiger partial charge is 0.213 e. The maximum absolute atomic E-state index is 5.04. The van der Waals surface area contributed by atoms with Crippen LogP contribution in [0.3, 0.4) is 0 Å². The van der Waals surface area contributed by atoms with Crippen molar-refractivity contribution in [3.63, 3.8) is 0 Å². The topological polar surface area (TPSA) is 60.2 Å². The van der Waals surface area contributed by atoms with E-state index in [0.717, 1.165) is 6.54 Å². The zero-order valence-electron chi connectivity index (χ0n) is 7.28. The van der Waals surface area contributed by atoms with Gasteiger partial charge in [0.05, 0.1) is 12.6 Å². The maximum atomic E-state index is 5.04. The van der Waals surface area contributed by atoms with E-state index in [9.17, 15) is 0 Å². The first-order chi connectivity index (χ1) is 5.83. The Morgan fingerprint density at radius 2 is 2.58 bits per heavy atom. The van der Waals surface area contributed by atoms with E-state index in [-0.39, 0.29) is 6.10 Å². The maximum Gasteiger partial charge on any atom is 0.213 e. The Morgan fingerprint density at radius 1 is 1.75 bits per heavy atom. The highest BCUT2D eigenvalue weighted by molar-refractivity contribution is 4.76. The Balaban J connectivity index is 2.11. The molecule has 0 aromatic carbocycles. The van der Waals surface area contributed by atoms with E-state index < -0.39 is 0 Å². The molecule has 12 heavy (non-hydrogen) atoms. The van der Waals surface area contributed by atoms with Crippen molar-refractivity contribution < 1.29 is 9.26 Å². The Morgan fingerprint density at radius 3 is 3.17 bits per heavy atom. The second-order valence-electron chi connectivity index (χ2n) is 2.52. The van der Waals surface area contributed by atoms with E-state index in [1.165, 1.54) is 6.39 Å². The highest BCUT2D eigenvalue weighted by atomic mass is 16.5. The minimum Gasteiger partial charge on any atom is -0.380 e. The molecule has 0 fully saturated rings. The van der Waals surface area contributed by atoms with Crippen LogP contribution in [0.4, 0.5) is 0 Å². The third-order valence-electron chi connectivity index (χ3n) is 1.52. The second kappa shape index (κ2) is 4.84. The van der Waals surface area contributed by atoms with Gasteiger partial charge in [-0.25, -0.2) is 0 Å². The number of nitrogens with zero attached hydrogens (tertiary/aromatic N) is 2. The number of ether oxygens (including phenoxy) is 1. The van der Waals surface area contributed by atoms with Crippen LogP contribution in [-0.2, 0) is 11.3 Å². The third kappa shape index (κ3) is 2.98. The second-order valence-corrected chi connectivity index (χ2v) is 2.52. The van der Waals surface area contributed by atoms with Crippen molar-refractivity contribution in [2.45, 2.75) is 19.6 Å². The van der Waals surface area contributed by atoms with Gasteiger partial charge < -0.3 is 14.6 Å². The van der Waals surface area contributed by atoms with E-state index in [1.54, 1.807) is 7.11 Å². The third-order valence-corrected chi connectivity index (χ3v) is 1.52. The van der Waals surface area contributed by atoms with Crippen molar-refractivity contribution >= 4 is 0 Å². The van der Waals surface area contributed by atoms with Crippen LogP contribution in [0.5, 0.6) is 0 Å². The number of hydrogen-bond acceptors (Lipinski definition) is 5. The van der Waals surface area contributed by atoms with Gasteiger partial charge in [0.2, 0.25) is 6.39 Å². The van der Waals surface area contributed by atoms with E-state index >= 15 is 0 Å². The molecule has 0 radical (unpaired) electrons. The largest absolute Gasteiger partial charge is 0.380 e. The molecule has 1 aromatic heterocycles. The molecule has 0 aliphatic heterocycles. The molecular formula is C7H13N3O2. The van der Waals surface area contributed by atoms with E-state index in [4.69, 9.17) is 4.74 Å². The fourth-order valence-electron chi connectivity index (χ4n) is 0.741. The minimum atomic E-state index is 0.205. The highest BCUT2D eigenvalue weighted by Gasteiger charge is 2.00. The number of aromatic nitrogens is 2. The van der Waals surface area contributed by atoms with Gasteiger partial charge in [-0.05, 0) is 6.92 Å². The zero-order chi connectivity index (χ0) is 8.81. The number of methoxy groups -OCH3 is 1.